The minimum Gasteiger partial charge on any atom is -0.351 e. The summed E-state index contributed by atoms with van der Waals surface area (Å²) in [6.45, 7) is 0. The maximum Gasteiger partial charge on any atom is 0.229 e. The van der Waals surface area contributed by atoms with Crippen molar-refractivity contribution in [2.45, 2.75) is 12.1 Å². The van der Waals surface area contributed by atoms with Gasteiger partial charge in [-0.15, -0.1) is 0 Å². The molecular weight excluding hydrogens is 485 g/mol. The summed E-state index contributed by atoms with van der Waals surface area (Å²) in [5, 5.41) is 3.90. The molecule has 0 saturated carbocycles. The zero-order valence-corrected chi connectivity index (χ0v) is 20.3. The molecular formula is C25H22FN5O2S2. The SMILES string of the molecule is CS(=O)(=O)Nc1ccc(N2C(=S)NC(c3ccccn3)C2c2cccn2-c2cccc(F)c2)cc1. The molecule has 1 aliphatic heterocycles. The lowest BCUT2D eigenvalue weighted by molar-refractivity contribution is 0.549. The Morgan fingerprint density at radius 1 is 1.00 bits per heavy atom. The largest absolute Gasteiger partial charge is 0.351 e. The number of nitrogens with zero attached hydrogens (tertiary/aromatic N) is 3. The Morgan fingerprint density at radius 2 is 1.80 bits per heavy atom. The van der Waals surface area contributed by atoms with Gasteiger partial charge < -0.3 is 14.8 Å². The van der Waals surface area contributed by atoms with Crippen LogP contribution < -0.4 is 14.9 Å². The monoisotopic (exact) mass is 507 g/mol. The molecule has 2 unspecified atom stereocenters. The Kier molecular flexibility index (Phi) is 6.00. The zero-order chi connectivity index (χ0) is 24.6. The quantitative estimate of drug-likeness (QED) is 0.373. The number of anilines is 2. The van der Waals surface area contributed by atoms with Crippen molar-refractivity contribution in [3.05, 3.63) is 108 Å². The van der Waals surface area contributed by atoms with Crippen LogP contribution in [0.15, 0.2) is 91.3 Å². The molecule has 35 heavy (non-hydrogen) atoms. The van der Waals surface area contributed by atoms with Gasteiger partial charge in [-0.05, 0) is 78.9 Å². The Balaban J connectivity index is 1.61. The molecule has 2 aromatic heterocycles. The highest BCUT2D eigenvalue weighted by Crippen LogP contribution is 2.42. The Hall–Kier alpha value is -3.76. The van der Waals surface area contributed by atoms with Crippen LogP contribution in [0.1, 0.15) is 23.5 Å². The summed E-state index contributed by atoms with van der Waals surface area (Å²) in [6, 6.07) is 22.4. The average Bonchev–Trinajstić information content (AvgIpc) is 3.43. The first-order chi connectivity index (χ1) is 16.8. The maximum atomic E-state index is 14.1. The number of hydrogen-bond acceptors (Lipinski definition) is 4. The van der Waals surface area contributed by atoms with Gasteiger partial charge in [-0.1, -0.05) is 12.1 Å². The van der Waals surface area contributed by atoms with Gasteiger partial charge in [0.1, 0.15) is 11.9 Å². The van der Waals surface area contributed by atoms with E-state index in [1.807, 2.05) is 64.2 Å². The fraction of sp³-hybridized carbons (Fsp3) is 0.120. The first-order valence-electron chi connectivity index (χ1n) is 10.8. The first-order valence-corrected chi connectivity index (χ1v) is 13.1. The van der Waals surface area contributed by atoms with Crippen LogP contribution in [-0.2, 0) is 10.0 Å². The molecule has 178 valence electrons. The summed E-state index contributed by atoms with van der Waals surface area (Å²) in [6.07, 6.45) is 4.73. The van der Waals surface area contributed by atoms with Crippen LogP contribution in [0.25, 0.3) is 5.69 Å². The van der Waals surface area contributed by atoms with Crippen molar-refractivity contribution in [1.82, 2.24) is 14.9 Å². The summed E-state index contributed by atoms with van der Waals surface area (Å²) in [4.78, 5) is 6.54. The Labute approximate surface area is 208 Å². The number of pyridine rings is 1. The molecule has 5 rings (SSSR count). The smallest absolute Gasteiger partial charge is 0.229 e. The van der Waals surface area contributed by atoms with Crippen LogP contribution in [0, 0.1) is 5.82 Å². The highest BCUT2D eigenvalue weighted by Gasteiger charge is 2.42. The van der Waals surface area contributed by atoms with E-state index in [4.69, 9.17) is 12.2 Å². The summed E-state index contributed by atoms with van der Waals surface area (Å²) in [5.74, 6) is -0.325. The maximum absolute atomic E-state index is 14.1. The van der Waals surface area contributed by atoms with E-state index in [0.717, 1.165) is 23.3 Å². The van der Waals surface area contributed by atoms with Crippen molar-refractivity contribution in [3.8, 4) is 5.69 Å². The number of aromatic nitrogens is 2. The van der Waals surface area contributed by atoms with E-state index in [0.29, 0.717) is 16.5 Å². The summed E-state index contributed by atoms with van der Waals surface area (Å²) < 4.78 is 41.7. The van der Waals surface area contributed by atoms with Gasteiger partial charge in [-0.2, -0.15) is 0 Å². The van der Waals surface area contributed by atoms with Crippen LogP contribution in [0.5, 0.6) is 0 Å². The molecule has 0 spiro atoms. The predicted molar refractivity (Wildman–Crippen MR) is 139 cm³/mol. The molecule has 4 aromatic rings. The van der Waals surface area contributed by atoms with Crippen molar-refractivity contribution >= 4 is 38.7 Å². The molecule has 10 heteroatoms. The van der Waals surface area contributed by atoms with Gasteiger partial charge in [0.15, 0.2) is 5.11 Å². The Bertz CT molecular complexity index is 1470. The minimum atomic E-state index is -3.39. The van der Waals surface area contributed by atoms with E-state index in [-0.39, 0.29) is 17.9 Å². The second kappa shape index (κ2) is 9.12. The van der Waals surface area contributed by atoms with Crippen molar-refractivity contribution < 1.29 is 12.8 Å². The molecule has 7 nitrogen and oxygen atoms in total. The zero-order valence-electron chi connectivity index (χ0n) is 18.7. The second-order valence-electron chi connectivity index (χ2n) is 8.20. The molecule has 0 aliphatic carbocycles. The fourth-order valence-electron chi connectivity index (χ4n) is 4.33. The molecule has 1 aliphatic rings. The van der Waals surface area contributed by atoms with E-state index in [9.17, 15) is 12.8 Å². The Morgan fingerprint density at radius 3 is 2.49 bits per heavy atom. The highest BCUT2D eigenvalue weighted by atomic mass is 32.2. The summed E-state index contributed by atoms with van der Waals surface area (Å²) in [5.41, 5.74) is 3.61. The molecule has 0 bridgehead atoms. The molecule has 2 aromatic carbocycles. The van der Waals surface area contributed by atoms with Gasteiger partial charge in [0, 0.05) is 35.1 Å². The van der Waals surface area contributed by atoms with E-state index in [2.05, 4.69) is 15.0 Å². The van der Waals surface area contributed by atoms with Gasteiger partial charge in [-0.25, -0.2) is 12.8 Å². The highest BCUT2D eigenvalue weighted by molar-refractivity contribution is 7.92. The van der Waals surface area contributed by atoms with Crippen LogP contribution in [0.2, 0.25) is 0 Å². The first kappa shape index (κ1) is 23.0. The summed E-state index contributed by atoms with van der Waals surface area (Å²) >= 11 is 5.76. The predicted octanol–water partition coefficient (Wildman–Crippen LogP) is 4.56. The number of sulfonamides is 1. The molecule has 0 amide bonds. The normalized spacial score (nSPS) is 17.9. The van der Waals surface area contributed by atoms with Crippen LogP contribution in [0.4, 0.5) is 15.8 Å². The van der Waals surface area contributed by atoms with Gasteiger partial charge >= 0.3 is 0 Å². The number of halogens is 1. The van der Waals surface area contributed by atoms with E-state index in [1.165, 1.54) is 12.1 Å². The molecule has 1 fully saturated rings. The third-order valence-electron chi connectivity index (χ3n) is 5.72. The van der Waals surface area contributed by atoms with Crippen LogP contribution in [-0.4, -0.2) is 29.3 Å². The van der Waals surface area contributed by atoms with Crippen molar-refractivity contribution in [2.75, 3.05) is 15.9 Å². The lowest BCUT2D eigenvalue weighted by Gasteiger charge is -2.29. The van der Waals surface area contributed by atoms with Gasteiger partial charge in [-0.3, -0.25) is 9.71 Å². The molecule has 2 atom stereocenters. The number of hydrogen-bond donors (Lipinski definition) is 2. The van der Waals surface area contributed by atoms with Gasteiger partial charge in [0.2, 0.25) is 10.0 Å². The standard InChI is InChI=1S/C25H22FN5O2S2/c1-35(32,33)29-18-10-12-19(13-11-18)31-24(23(28-25(31)34)21-8-2-3-14-27-21)22-9-5-15-30(22)20-7-4-6-17(26)16-20/h2-16,23-24,29H,1H3,(H,28,34). The van der Waals surface area contributed by atoms with Crippen LogP contribution >= 0.6 is 12.2 Å². The van der Waals surface area contributed by atoms with E-state index >= 15 is 0 Å². The number of thiocarbonyl (C=S) groups is 1. The summed E-state index contributed by atoms with van der Waals surface area (Å²) in [7, 11) is -3.39. The topological polar surface area (TPSA) is 79.3 Å². The average molecular weight is 508 g/mol. The van der Waals surface area contributed by atoms with Crippen molar-refractivity contribution in [3.63, 3.8) is 0 Å². The van der Waals surface area contributed by atoms with E-state index in [1.54, 1.807) is 24.4 Å². The molecule has 1 saturated heterocycles. The number of rotatable bonds is 6. The van der Waals surface area contributed by atoms with Gasteiger partial charge in [0.05, 0.1) is 18.0 Å². The van der Waals surface area contributed by atoms with Crippen molar-refractivity contribution in [1.29, 1.82) is 0 Å². The number of benzene rings is 2. The van der Waals surface area contributed by atoms with Crippen molar-refractivity contribution in [2.24, 2.45) is 0 Å². The third kappa shape index (κ3) is 4.75. The minimum absolute atomic E-state index is 0.278. The lowest BCUT2D eigenvalue weighted by atomic mass is 10.0. The number of nitrogens with one attached hydrogen (secondary N) is 2. The second-order valence-corrected chi connectivity index (χ2v) is 10.3. The molecule has 2 N–H and O–H groups in total. The molecule has 0 radical (unpaired) electrons. The third-order valence-corrected chi connectivity index (χ3v) is 6.64. The van der Waals surface area contributed by atoms with Gasteiger partial charge in [0.25, 0.3) is 0 Å². The lowest BCUT2D eigenvalue weighted by Crippen LogP contribution is -2.30. The molecule has 3 heterocycles. The fourth-order valence-corrected chi connectivity index (χ4v) is 5.24. The van der Waals surface area contributed by atoms with Crippen LogP contribution in [0.3, 0.4) is 0 Å². The van der Waals surface area contributed by atoms with E-state index < -0.39 is 10.0 Å².